The van der Waals surface area contributed by atoms with Gasteiger partial charge in [0.25, 0.3) is 0 Å². The van der Waals surface area contributed by atoms with Gasteiger partial charge in [0.2, 0.25) is 0 Å². The van der Waals surface area contributed by atoms with Gasteiger partial charge >= 0.3 is 0 Å². The number of hydrogen-bond donors (Lipinski definition) is 1. The van der Waals surface area contributed by atoms with Crippen molar-refractivity contribution in [3.8, 4) is 5.75 Å². The second kappa shape index (κ2) is 5.59. The Balaban J connectivity index is 0.000000980. The number of benzene rings is 1. The van der Waals surface area contributed by atoms with Crippen LogP contribution in [0.25, 0.3) is 0 Å². The third-order valence-electron chi connectivity index (χ3n) is 2.11. The van der Waals surface area contributed by atoms with Crippen LogP contribution in [0.1, 0.15) is 6.42 Å². The molecule has 1 N–H and O–H groups in total. The van der Waals surface area contributed by atoms with Crippen LogP contribution in [0.4, 0.5) is 0 Å². The van der Waals surface area contributed by atoms with Crippen molar-refractivity contribution in [1.29, 1.82) is 0 Å². The van der Waals surface area contributed by atoms with Gasteiger partial charge in [0.05, 0.1) is 0 Å². The van der Waals surface area contributed by atoms with Gasteiger partial charge in [0.15, 0.2) is 0 Å². The molecule has 1 aliphatic rings. The molecule has 1 atom stereocenters. The van der Waals surface area contributed by atoms with E-state index in [1.165, 1.54) is 0 Å². The van der Waals surface area contributed by atoms with Crippen molar-refractivity contribution in [2.75, 3.05) is 13.1 Å². The van der Waals surface area contributed by atoms with Gasteiger partial charge in [-0.2, -0.15) is 0 Å². The van der Waals surface area contributed by atoms with E-state index in [1.807, 2.05) is 24.3 Å². The van der Waals surface area contributed by atoms with Gasteiger partial charge in [0, 0.05) is 11.0 Å². The Hall–Kier alpha value is -0.250. The zero-order valence-corrected chi connectivity index (χ0v) is 10.1. The molecule has 1 aromatic carbocycles. The summed E-state index contributed by atoms with van der Waals surface area (Å²) in [5.41, 5.74) is 0. The zero-order chi connectivity index (χ0) is 9.10. The Labute approximate surface area is 98.6 Å². The monoisotopic (exact) mass is 277 g/mol. The molecule has 0 spiro atoms. The van der Waals surface area contributed by atoms with E-state index in [9.17, 15) is 0 Å². The minimum atomic E-state index is 0. The molecule has 0 radical (unpaired) electrons. The molecule has 14 heavy (non-hydrogen) atoms. The van der Waals surface area contributed by atoms with E-state index in [0.29, 0.717) is 6.10 Å². The molecular formula is C10H13BrClNO. The van der Waals surface area contributed by atoms with Crippen molar-refractivity contribution in [3.05, 3.63) is 28.7 Å². The maximum absolute atomic E-state index is 5.76. The first kappa shape index (κ1) is 11.8. The van der Waals surface area contributed by atoms with Gasteiger partial charge < -0.3 is 10.1 Å². The Morgan fingerprint density at radius 1 is 1.43 bits per heavy atom. The Kier molecular flexibility index (Phi) is 4.72. The molecule has 0 aliphatic carbocycles. The second-order valence-corrected chi connectivity index (χ2v) is 4.11. The molecule has 2 nitrogen and oxygen atoms in total. The summed E-state index contributed by atoms with van der Waals surface area (Å²) in [6.07, 6.45) is 1.45. The second-order valence-electron chi connectivity index (χ2n) is 3.19. The van der Waals surface area contributed by atoms with Crippen molar-refractivity contribution in [2.24, 2.45) is 0 Å². The summed E-state index contributed by atoms with van der Waals surface area (Å²) >= 11 is 3.42. The van der Waals surface area contributed by atoms with Crippen molar-refractivity contribution < 1.29 is 4.74 Å². The first-order chi connectivity index (χ1) is 6.34. The Bertz CT molecular complexity index is 289. The lowest BCUT2D eigenvalue weighted by atomic mass is 10.3. The van der Waals surface area contributed by atoms with Crippen LogP contribution in [0.3, 0.4) is 0 Å². The molecule has 0 saturated carbocycles. The quantitative estimate of drug-likeness (QED) is 0.898. The highest BCUT2D eigenvalue weighted by Crippen LogP contribution is 2.20. The molecule has 1 heterocycles. The minimum absolute atomic E-state index is 0. The summed E-state index contributed by atoms with van der Waals surface area (Å²) in [6.45, 7) is 2.03. The molecule has 1 fully saturated rings. The molecule has 0 aromatic heterocycles. The Morgan fingerprint density at radius 2 is 2.29 bits per heavy atom. The normalized spacial score (nSPS) is 20.2. The third kappa shape index (κ3) is 3.15. The Morgan fingerprint density at radius 3 is 2.93 bits per heavy atom. The minimum Gasteiger partial charge on any atom is -0.489 e. The van der Waals surface area contributed by atoms with Gasteiger partial charge in [-0.15, -0.1) is 12.4 Å². The topological polar surface area (TPSA) is 21.3 Å². The molecule has 4 heteroatoms. The van der Waals surface area contributed by atoms with E-state index in [4.69, 9.17) is 4.74 Å². The molecule has 1 saturated heterocycles. The summed E-state index contributed by atoms with van der Waals surface area (Å²) in [5.74, 6) is 0.947. The largest absolute Gasteiger partial charge is 0.489 e. The van der Waals surface area contributed by atoms with Gasteiger partial charge in [-0.1, -0.05) is 22.0 Å². The van der Waals surface area contributed by atoms with E-state index in [2.05, 4.69) is 21.2 Å². The van der Waals surface area contributed by atoms with Crippen LogP contribution in [0.2, 0.25) is 0 Å². The molecule has 0 amide bonds. The summed E-state index contributed by atoms with van der Waals surface area (Å²) in [7, 11) is 0. The SMILES string of the molecule is Brc1cccc(OC2CCNC2)c1.Cl. The highest BCUT2D eigenvalue weighted by molar-refractivity contribution is 9.10. The van der Waals surface area contributed by atoms with Gasteiger partial charge in [-0.05, 0) is 31.2 Å². The lowest BCUT2D eigenvalue weighted by molar-refractivity contribution is 0.223. The van der Waals surface area contributed by atoms with Crippen LogP contribution in [-0.2, 0) is 0 Å². The van der Waals surface area contributed by atoms with Crippen LogP contribution in [0.5, 0.6) is 5.75 Å². The fourth-order valence-electron chi connectivity index (χ4n) is 1.46. The van der Waals surface area contributed by atoms with Crippen LogP contribution >= 0.6 is 28.3 Å². The highest BCUT2D eigenvalue weighted by Gasteiger charge is 2.15. The first-order valence-corrected chi connectivity index (χ1v) is 5.27. The maximum Gasteiger partial charge on any atom is 0.120 e. The van der Waals surface area contributed by atoms with Gasteiger partial charge in [-0.25, -0.2) is 0 Å². The number of halogens is 2. The van der Waals surface area contributed by atoms with Crippen LogP contribution in [0.15, 0.2) is 28.7 Å². The lowest BCUT2D eigenvalue weighted by Crippen LogP contribution is -2.19. The smallest absolute Gasteiger partial charge is 0.120 e. The van der Waals surface area contributed by atoms with E-state index in [1.54, 1.807) is 0 Å². The van der Waals surface area contributed by atoms with E-state index >= 15 is 0 Å². The zero-order valence-electron chi connectivity index (χ0n) is 7.70. The van der Waals surface area contributed by atoms with E-state index in [-0.39, 0.29) is 12.4 Å². The number of hydrogen-bond acceptors (Lipinski definition) is 2. The summed E-state index contributed by atoms with van der Waals surface area (Å²) < 4.78 is 6.83. The van der Waals surface area contributed by atoms with Crippen LogP contribution in [-0.4, -0.2) is 19.2 Å². The number of nitrogens with one attached hydrogen (secondary N) is 1. The summed E-state index contributed by atoms with van der Waals surface area (Å²) in [4.78, 5) is 0. The molecule has 0 bridgehead atoms. The van der Waals surface area contributed by atoms with E-state index in [0.717, 1.165) is 29.7 Å². The number of rotatable bonds is 2. The fourth-order valence-corrected chi connectivity index (χ4v) is 1.84. The van der Waals surface area contributed by atoms with E-state index < -0.39 is 0 Å². The van der Waals surface area contributed by atoms with Gasteiger partial charge in [-0.3, -0.25) is 0 Å². The molecule has 1 unspecified atom stereocenters. The lowest BCUT2D eigenvalue weighted by Gasteiger charge is -2.12. The van der Waals surface area contributed by atoms with Gasteiger partial charge in [0.1, 0.15) is 11.9 Å². The summed E-state index contributed by atoms with van der Waals surface area (Å²) in [5, 5.41) is 3.27. The highest BCUT2D eigenvalue weighted by atomic mass is 79.9. The number of ether oxygens (including phenoxy) is 1. The fraction of sp³-hybridized carbons (Fsp3) is 0.400. The predicted octanol–water partition coefficient (Wildman–Crippen LogP) is 2.61. The average molecular weight is 279 g/mol. The first-order valence-electron chi connectivity index (χ1n) is 4.47. The van der Waals surface area contributed by atoms with Crippen molar-refractivity contribution in [2.45, 2.75) is 12.5 Å². The molecule has 1 aromatic rings. The van der Waals surface area contributed by atoms with Crippen molar-refractivity contribution in [3.63, 3.8) is 0 Å². The molecule has 78 valence electrons. The maximum atomic E-state index is 5.76. The predicted molar refractivity (Wildman–Crippen MR) is 63.3 cm³/mol. The van der Waals surface area contributed by atoms with Crippen molar-refractivity contribution in [1.82, 2.24) is 5.32 Å². The molecular weight excluding hydrogens is 265 g/mol. The third-order valence-corrected chi connectivity index (χ3v) is 2.61. The standard InChI is InChI=1S/C10H12BrNO.ClH/c11-8-2-1-3-9(6-8)13-10-4-5-12-7-10;/h1-3,6,10,12H,4-5,7H2;1H. The summed E-state index contributed by atoms with van der Waals surface area (Å²) in [6, 6.07) is 7.98. The average Bonchev–Trinajstić information content (AvgIpc) is 2.57. The molecule has 1 aliphatic heterocycles. The molecule has 2 rings (SSSR count). The van der Waals surface area contributed by atoms with Crippen LogP contribution < -0.4 is 10.1 Å². The van der Waals surface area contributed by atoms with Crippen LogP contribution in [0, 0.1) is 0 Å². The van der Waals surface area contributed by atoms with Crippen molar-refractivity contribution >= 4 is 28.3 Å².